The monoisotopic (exact) mass is 428 g/mol. The van der Waals surface area contributed by atoms with Crippen molar-refractivity contribution in [2.75, 3.05) is 37.8 Å². The van der Waals surface area contributed by atoms with Gasteiger partial charge in [0.05, 0.1) is 4.90 Å². The van der Waals surface area contributed by atoms with Crippen LogP contribution < -0.4 is 5.32 Å². The van der Waals surface area contributed by atoms with E-state index in [4.69, 9.17) is 0 Å². The summed E-state index contributed by atoms with van der Waals surface area (Å²) in [6.07, 6.45) is 8.26. The molecule has 5 heteroatoms. The normalized spacial score (nSPS) is 15.9. The molecule has 164 valence electrons. The van der Waals surface area contributed by atoms with Crippen molar-refractivity contribution in [2.45, 2.75) is 50.3 Å². The first-order chi connectivity index (χ1) is 14.4. The van der Waals surface area contributed by atoms with Crippen molar-refractivity contribution in [2.24, 2.45) is 5.92 Å². The lowest BCUT2D eigenvalue weighted by Crippen LogP contribution is -2.35. The van der Waals surface area contributed by atoms with Crippen molar-refractivity contribution in [1.82, 2.24) is 4.90 Å². The average Bonchev–Trinajstić information content (AvgIpc) is 2.73. The molecule has 0 unspecified atom stereocenters. The number of sulfone groups is 1. The molecule has 1 saturated heterocycles. The highest BCUT2D eigenvalue weighted by Crippen LogP contribution is 2.22. The molecular weight excluding hydrogens is 392 g/mol. The quantitative estimate of drug-likeness (QED) is 0.552. The maximum atomic E-state index is 11.6. The Morgan fingerprint density at radius 2 is 1.60 bits per heavy atom. The molecule has 0 atom stereocenters. The molecule has 2 aromatic rings. The molecule has 0 radical (unpaired) electrons. The van der Waals surface area contributed by atoms with Gasteiger partial charge in [-0.15, -0.1) is 0 Å². The smallest absolute Gasteiger partial charge is 0.175 e. The van der Waals surface area contributed by atoms with Crippen LogP contribution in [0, 0.1) is 5.92 Å². The van der Waals surface area contributed by atoms with E-state index < -0.39 is 9.84 Å². The third-order valence-electron chi connectivity index (χ3n) is 6.06. The molecule has 1 fully saturated rings. The van der Waals surface area contributed by atoms with Gasteiger partial charge in [0.15, 0.2) is 9.84 Å². The molecule has 0 amide bonds. The number of piperidine rings is 1. The maximum absolute atomic E-state index is 11.6. The zero-order chi connectivity index (χ0) is 21.4. The van der Waals surface area contributed by atoms with Crippen molar-refractivity contribution >= 4 is 15.5 Å². The van der Waals surface area contributed by atoms with Crippen LogP contribution in [0.5, 0.6) is 0 Å². The standard InChI is InChI=1S/C25H36N2O2S/c1-3-5-21-6-10-24(11-7-21)26-16-4-17-27-18-14-23(15-19-27)20-22-8-12-25(13-9-22)30(2,28)29/h6-13,23,26H,3-5,14-20H2,1-2H3. The molecule has 0 aromatic heterocycles. The van der Waals surface area contributed by atoms with Crippen LogP contribution in [0.4, 0.5) is 5.69 Å². The first kappa shape index (κ1) is 22.8. The number of nitrogens with zero attached hydrogens (tertiary/aromatic N) is 1. The molecule has 1 heterocycles. The highest BCUT2D eigenvalue weighted by atomic mass is 32.2. The Hall–Kier alpha value is -1.85. The second kappa shape index (κ2) is 11.0. The summed E-state index contributed by atoms with van der Waals surface area (Å²) in [5.74, 6) is 0.699. The predicted octanol–water partition coefficient (Wildman–Crippen LogP) is 4.80. The van der Waals surface area contributed by atoms with E-state index in [1.807, 2.05) is 12.1 Å². The number of benzene rings is 2. The van der Waals surface area contributed by atoms with Gasteiger partial charge in [0.1, 0.15) is 0 Å². The van der Waals surface area contributed by atoms with Crippen LogP contribution in [0.1, 0.15) is 43.7 Å². The van der Waals surface area contributed by atoms with E-state index in [-0.39, 0.29) is 0 Å². The van der Waals surface area contributed by atoms with E-state index in [0.29, 0.717) is 10.8 Å². The van der Waals surface area contributed by atoms with Gasteiger partial charge in [-0.1, -0.05) is 37.6 Å². The Balaban J connectivity index is 1.32. The fraction of sp³-hybridized carbons (Fsp3) is 0.520. The van der Waals surface area contributed by atoms with Crippen molar-refractivity contribution in [3.63, 3.8) is 0 Å². The van der Waals surface area contributed by atoms with Crippen LogP contribution in [0.25, 0.3) is 0 Å². The Bertz CT molecular complexity index is 868. The number of anilines is 1. The van der Waals surface area contributed by atoms with E-state index in [1.54, 1.807) is 12.1 Å². The second-order valence-corrected chi connectivity index (χ2v) is 10.6. The molecule has 4 nitrogen and oxygen atoms in total. The third kappa shape index (κ3) is 7.13. The summed E-state index contributed by atoms with van der Waals surface area (Å²) in [5.41, 5.74) is 3.88. The molecule has 0 bridgehead atoms. The molecular formula is C25H36N2O2S. The molecule has 1 aliphatic rings. The summed E-state index contributed by atoms with van der Waals surface area (Å²) in [5, 5.41) is 3.54. The van der Waals surface area contributed by atoms with Gasteiger partial charge in [0.25, 0.3) is 0 Å². The zero-order valence-electron chi connectivity index (χ0n) is 18.4. The largest absolute Gasteiger partial charge is 0.385 e. The molecule has 30 heavy (non-hydrogen) atoms. The molecule has 0 aliphatic carbocycles. The lowest BCUT2D eigenvalue weighted by molar-refractivity contribution is 0.183. The number of hydrogen-bond donors (Lipinski definition) is 1. The van der Waals surface area contributed by atoms with Crippen molar-refractivity contribution in [3.05, 3.63) is 59.7 Å². The Kier molecular flexibility index (Phi) is 8.34. The van der Waals surface area contributed by atoms with Crippen molar-refractivity contribution < 1.29 is 8.42 Å². The van der Waals surface area contributed by atoms with Crippen molar-refractivity contribution in [3.8, 4) is 0 Å². The minimum absolute atomic E-state index is 0.409. The maximum Gasteiger partial charge on any atom is 0.175 e. The average molecular weight is 429 g/mol. The van der Waals surface area contributed by atoms with Gasteiger partial charge >= 0.3 is 0 Å². The first-order valence-corrected chi connectivity index (χ1v) is 13.2. The van der Waals surface area contributed by atoms with Gasteiger partial charge in [0.2, 0.25) is 0 Å². The van der Waals surface area contributed by atoms with E-state index in [0.717, 1.165) is 45.4 Å². The predicted molar refractivity (Wildman–Crippen MR) is 126 cm³/mol. The van der Waals surface area contributed by atoms with Gasteiger partial charge < -0.3 is 10.2 Å². The summed E-state index contributed by atoms with van der Waals surface area (Å²) in [6.45, 7) is 6.71. The van der Waals surface area contributed by atoms with Gasteiger partial charge in [-0.25, -0.2) is 8.42 Å². The number of hydrogen-bond acceptors (Lipinski definition) is 4. The first-order valence-electron chi connectivity index (χ1n) is 11.3. The zero-order valence-corrected chi connectivity index (χ0v) is 19.3. The molecule has 3 rings (SSSR count). The minimum atomic E-state index is -3.11. The van der Waals surface area contributed by atoms with E-state index >= 15 is 0 Å². The lowest BCUT2D eigenvalue weighted by Gasteiger charge is -2.32. The highest BCUT2D eigenvalue weighted by molar-refractivity contribution is 7.90. The van der Waals surface area contributed by atoms with Gasteiger partial charge in [-0.05, 0) is 93.0 Å². The van der Waals surface area contributed by atoms with Crippen molar-refractivity contribution in [1.29, 1.82) is 0 Å². The number of likely N-dealkylation sites (tertiary alicyclic amines) is 1. The number of nitrogens with one attached hydrogen (secondary N) is 1. The molecule has 0 saturated carbocycles. The highest BCUT2D eigenvalue weighted by Gasteiger charge is 2.19. The van der Waals surface area contributed by atoms with Gasteiger partial charge in [0, 0.05) is 18.5 Å². The molecule has 2 aromatic carbocycles. The van der Waals surface area contributed by atoms with E-state index in [1.165, 1.54) is 42.3 Å². The van der Waals surface area contributed by atoms with Crippen LogP contribution in [0.15, 0.2) is 53.4 Å². The van der Waals surface area contributed by atoms with Gasteiger partial charge in [-0.3, -0.25) is 0 Å². The van der Waals surface area contributed by atoms with Crippen LogP contribution in [0.3, 0.4) is 0 Å². The summed E-state index contributed by atoms with van der Waals surface area (Å²) in [7, 11) is -3.11. The summed E-state index contributed by atoms with van der Waals surface area (Å²) >= 11 is 0. The van der Waals surface area contributed by atoms with Crippen LogP contribution in [0.2, 0.25) is 0 Å². The second-order valence-electron chi connectivity index (χ2n) is 8.63. The summed E-state index contributed by atoms with van der Waals surface area (Å²) in [4.78, 5) is 2.99. The number of rotatable bonds is 10. The fourth-order valence-electron chi connectivity index (χ4n) is 4.23. The summed E-state index contributed by atoms with van der Waals surface area (Å²) < 4.78 is 23.2. The summed E-state index contributed by atoms with van der Waals surface area (Å²) in [6, 6.07) is 16.3. The van der Waals surface area contributed by atoms with Crippen LogP contribution in [-0.4, -0.2) is 45.8 Å². The fourth-order valence-corrected chi connectivity index (χ4v) is 4.86. The Morgan fingerprint density at radius 1 is 0.967 bits per heavy atom. The van der Waals surface area contributed by atoms with Gasteiger partial charge in [-0.2, -0.15) is 0 Å². The van der Waals surface area contributed by atoms with E-state index in [9.17, 15) is 8.42 Å². The molecule has 1 N–H and O–H groups in total. The minimum Gasteiger partial charge on any atom is -0.385 e. The van der Waals surface area contributed by atoms with E-state index in [2.05, 4.69) is 41.4 Å². The number of aryl methyl sites for hydroxylation is 1. The topological polar surface area (TPSA) is 49.4 Å². The molecule has 0 spiro atoms. The van der Waals surface area contributed by atoms with Crippen LogP contribution in [-0.2, 0) is 22.7 Å². The van der Waals surface area contributed by atoms with Crippen LogP contribution >= 0.6 is 0 Å². The Morgan fingerprint density at radius 3 is 2.20 bits per heavy atom. The Labute approximate surface area is 182 Å². The SMILES string of the molecule is CCCc1ccc(NCCCN2CCC(Cc3ccc(S(C)(=O)=O)cc3)CC2)cc1. The lowest BCUT2D eigenvalue weighted by atomic mass is 9.90. The third-order valence-corrected chi connectivity index (χ3v) is 7.18. The molecule has 1 aliphatic heterocycles.